The van der Waals surface area contributed by atoms with Crippen molar-refractivity contribution in [1.29, 1.82) is 0 Å². The maximum atomic E-state index is 12.3. The molecular formula is C15H26N4O. The van der Waals surface area contributed by atoms with Gasteiger partial charge in [0, 0.05) is 24.3 Å². The van der Waals surface area contributed by atoms with Crippen molar-refractivity contribution in [3.05, 3.63) is 17.0 Å². The molecule has 0 saturated carbocycles. The van der Waals surface area contributed by atoms with Crippen LogP contribution in [0.2, 0.25) is 0 Å². The van der Waals surface area contributed by atoms with Gasteiger partial charge in [-0.15, -0.1) is 0 Å². The number of amides is 1. The fourth-order valence-electron chi connectivity index (χ4n) is 2.98. The number of nitrogens with zero attached hydrogens (tertiary/aromatic N) is 2. The number of aryl methyl sites for hydroxylation is 1. The Hall–Kier alpha value is -1.36. The molecule has 0 spiro atoms. The van der Waals surface area contributed by atoms with Crippen LogP contribution in [0.4, 0.5) is 0 Å². The number of H-pyrrole nitrogens is 1. The highest BCUT2D eigenvalue weighted by Crippen LogP contribution is 2.22. The van der Waals surface area contributed by atoms with Crippen molar-refractivity contribution in [2.75, 3.05) is 27.2 Å². The zero-order valence-electron chi connectivity index (χ0n) is 13.0. The predicted molar refractivity (Wildman–Crippen MR) is 79.9 cm³/mol. The molecule has 0 saturated heterocycles. The largest absolute Gasteiger partial charge is 0.350 e. The molecule has 1 amide bonds. The second kappa shape index (κ2) is 5.95. The summed E-state index contributed by atoms with van der Waals surface area (Å²) < 4.78 is 0. The van der Waals surface area contributed by atoms with Crippen LogP contribution in [-0.2, 0) is 12.8 Å². The minimum atomic E-state index is -0.0452. The van der Waals surface area contributed by atoms with Gasteiger partial charge in [-0.3, -0.25) is 9.89 Å². The van der Waals surface area contributed by atoms with Crippen molar-refractivity contribution in [2.24, 2.45) is 5.41 Å². The molecule has 5 heteroatoms. The molecule has 0 fully saturated rings. The fraction of sp³-hybridized carbons (Fsp3) is 0.733. The van der Waals surface area contributed by atoms with E-state index in [9.17, 15) is 4.79 Å². The topological polar surface area (TPSA) is 61.0 Å². The van der Waals surface area contributed by atoms with E-state index >= 15 is 0 Å². The number of aromatic amines is 1. The Morgan fingerprint density at radius 1 is 1.35 bits per heavy atom. The molecule has 0 aliphatic heterocycles. The molecule has 1 aromatic rings. The molecule has 20 heavy (non-hydrogen) atoms. The standard InChI is InChI=1S/C15H26N4O/c1-15(2,10-19(3)4)9-16-14(20)13-11-7-5-6-8-12(11)17-18-13/h5-10H2,1-4H3,(H,16,20)(H,17,18). The lowest BCUT2D eigenvalue weighted by atomic mass is 9.92. The molecule has 112 valence electrons. The Morgan fingerprint density at radius 3 is 2.75 bits per heavy atom. The minimum absolute atomic E-state index is 0.0452. The van der Waals surface area contributed by atoms with Gasteiger partial charge < -0.3 is 10.2 Å². The molecule has 1 aromatic heterocycles. The highest BCUT2D eigenvalue weighted by atomic mass is 16.1. The Balaban J connectivity index is 1.97. The van der Waals surface area contributed by atoms with Crippen molar-refractivity contribution < 1.29 is 4.79 Å². The molecule has 5 nitrogen and oxygen atoms in total. The van der Waals surface area contributed by atoms with Gasteiger partial charge in [-0.1, -0.05) is 13.8 Å². The van der Waals surface area contributed by atoms with Crippen LogP contribution in [-0.4, -0.2) is 48.2 Å². The quantitative estimate of drug-likeness (QED) is 0.860. The van der Waals surface area contributed by atoms with Crippen LogP contribution in [0.5, 0.6) is 0 Å². The molecule has 0 atom stereocenters. The molecular weight excluding hydrogens is 252 g/mol. The summed E-state index contributed by atoms with van der Waals surface area (Å²) in [6, 6.07) is 0. The highest BCUT2D eigenvalue weighted by Gasteiger charge is 2.24. The summed E-state index contributed by atoms with van der Waals surface area (Å²) in [5.74, 6) is -0.0452. The maximum Gasteiger partial charge on any atom is 0.272 e. The molecule has 0 radical (unpaired) electrons. The van der Waals surface area contributed by atoms with Crippen molar-refractivity contribution in [3.8, 4) is 0 Å². The van der Waals surface area contributed by atoms with Crippen LogP contribution in [0.25, 0.3) is 0 Å². The van der Waals surface area contributed by atoms with E-state index in [1.807, 2.05) is 14.1 Å². The summed E-state index contributed by atoms with van der Waals surface area (Å²) in [5, 5.41) is 10.3. The van der Waals surface area contributed by atoms with Crippen molar-refractivity contribution in [2.45, 2.75) is 39.5 Å². The monoisotopic (exact) mass is 278 g/mol. The molecule has 1 heterocycles. The summed E-state index contributed by atoms with van der Waals surface area (Å²) in [6.07, 6.45) is 4.32. The molecule has 2 rings (SSSR count). The number of fused-ring (bicyclic) bond motifs is 1. The van der Waals surface area contributed by atoms with Crippen LogP contribution in [0, 0.1) is 5.41 Å². The van der Waals surface area contributed by atoms with Gasteiger partial charge in [0.15, 0.2) is 5.69 Å². The third-order valence-electron chi connectivity index (χ3n) is 3.74. The van der Waals surface area contributed by atoms with Crippen LogP contribution < -0.4 is 5.32 Å². The van der Waals surface area contributed by atoms with Crippen LogP contribution in [0.3, 0.4) is 0 Å². The average Bonchev–Trinajstić information content (AvgIpc) is 2.78. The van der Waals surface area contributed by atoms with Crippen molar-refractivity contribution in [1.82, 2.24) is 20.4 Å². The van der Waals surface area contributed by atoms with E-state index in [0.29, 0.717) is 12.2 Å². The predicted octanol–water partition coefficient (Wildman–Crippen LogP) is 1.61. The number of hydrogen-bond donors (Lipinski definition) is 2. The lowest BCUT2D eigenvalue weighted by Crippen LogP contribution is -2.40. The van der Waals surface area contributed by atoms with Crippen molar-refractivity contribution in [3.63, 3.8) is 0 Å². The maximum absolute atomic E-state index is 12.3. The van der Waals surface area contributed by atoms with E-state index in [4.69, 9.17) is 0 Å². The first-order valence-electron chi connectivity index (χ1n) is 7.38. The third-order valence-corrected chi connectivity index (χ3v) is 3.74. The number of hydrogen-bond acceptors (Lipinski definition) is 3. The van der Waals surface area contributed by atoms with Gasteiger partial charge in [0.05, 0.1) is 0 Å². The van der Waals surface area contributed by atoms with Gasteiger partial charge >= 0.3 is 0 Å². The first-order chi connectivity index (χ1) is 9.39. The van der Waals surface area contributed by atoms with Crippen molar-refractivity contribution >= 4 is 5.91 Å². The van der Waals surface area contributed by atoms with E-state index in [0.717, 1.165) is 37.1 Å². The lowest BCUT2D eigenvalue weighted by molar-refractivity contribution is 0.0923. The summed E-state index contributed by atoms with van der Waals surface area (Å²) in [4.78, 5) is 14.4. The number of nitrogens with one attached hydrogen (secondary N) is 2. The van der Waals surface area contributed by atoms with E-state index in [2.05, 4.69) is 34.3 Å². The summed E-state index contributed by atoms with van der Waals surface area (Å²) >= 11 is 0. The summed E-state index contributed by atoms with van der Waals surface area (Å²) in [5.41, 5.74) is 2.92. The van der Waals surface area contributed by atoms with Gasteiger partial charge in [0.25, 0.3) is 5.91 Å². The molecule has 0 unspecified atom stereocenters. The van der Waals surface area contributed by atoms with E-state index in [1.165, 1.54) is 6.42 Å². The highest BCUT2D eigenvalue weighted by molar-refractivity contribution is 5.94. The Kier molecular flexibility index (Phi) is 4.48. The van der Waals surface area contributed by atoms with Crippen LogP contribution in [0.1, 0.15) is 48.4 Å². The summed E-state index contributed by atoms with van der Waals surface area (Å²) in [7, 11) is 4.10. The van der Waals surface area contributed by atoms with E-state index in [-0.39, 0.29) is 11.3 Å². The van der Waals surface area contributed by atoms with E-state index < -0.39 is 0 Å². The lowest BCUT2D eigenvalue weighted by Gasteiger charge is -2.28. The van der Waals surface area contributed by atoms with Gasteiger partial charge in [-0.05, 0) is 45.2 Å². The van der Waals surface area contributed by atoms with Gasteiger partial charge in [-0.25, -0.2) is 0 Å². The zero-order chi connectivity index (χ0) is 14.8. The first kappa shape index (κ1) is 15.0. The van der Waals surface area contributed by atoms with Gasteiger partial charge in [0.1, 0.15) is 0 Å². The van der Waals surface area contributed by atoms with Crippen LogP contribution in [0.15, 0.2) is 0 Å². The fourth-order valence-corrected chi connectivity index (χ4v) is 2.98. The molecule has 0 aromatic carbocycles. The first-order valence-corrected chi connectivity index (χ1v) is 7.38. The number of rotatable bonds is 5. The second-order valence-electron chi connectivity index (χ2n) is 6.82. The molecule has 1 aliphatic rings. The average molecular weight is 278 g/mol. The molecule has 2 N–H and O–H groups in total. The smallest absolute Gasteiger partial charge is 0.272 e. The Morgan fingerprint density at radius 2 is 2.05 bits per heavy atom. The van der Waals surface area contributed by atoms with E-state index in [1.54, 1.807) is 0 Å². The Labute approximate surface area is 121 Å². The number of carbonyl (C=O) groups excluding carboxylic acids is 1. The molecule has 1 aliphatic carbocycles. The van der Waals surface area contributed by atoms with Gasteiger partial charge in [0.2, 0.25) is 0 Å². The SMILES string of the molecule is CN(C)CC(C)(C)CNC(=O)c1n[nH]c2c1CCCC2. The van der Waals surface area contributed by atoms with Gasteiger partial charge in [-0.2, -0.15) is 5.10 Å². The number of carbonyl (C=O) groups is 1. The summed E-state index contributed by atoms with van der Waals surface area (Å²) in [6.45, 7) is 5.91. The normalized spacial score (nSPS) is 15.2. The second-order valence-corrected chi connectivity index (χ2v) is 6.82. The minimum Gasteiger partial charge on any atom is -0.350 e. The molecule has 0 bridgehead atoms. The van der Waals surface area contributed by atoms with Crippen LogP contribution >= 0.6 is 0 Å². The Bertz CT molecular complexity index is 476. The third kappa shape index (κ3) is 3.60. The zero-order valence-corrected chi connectivity index (χ0v) is 13.0. The number of aromatic nitrogens is 2.